The number of amides is 1. The van der Waals surface area contributed by atoms with Crippen molar-refractivity contribution < 1.29 is 22.4 Å². The first-order valence-corrected chi connectivity index (χ1v) is 10.4. The number of benzene rings is 2. The summed E-state index contributed by atoms with van der Waals surface area (Å²) in [5.74, 6) is 0.623. The lowest BCUT2D eigenvalue weighted by molar-refractivity contribution is -0.137. The monoisotopic (exact) mass is 452 g/mol. The molecule has 0 saturated carbocycles. The van der Waals surface area contributed by atoms with Crippen molar-refractivity contribution in [2.45, 2.75) is 6.18 Å². The number of aromatic nitrogens is 2. The summed E-state index contributed by atoms with van der Waals surface area (Å²) in [5, 5.41) is 2.11. The van der Waals surface area contributed by atoms with Crippen molar-refractivity contribution in [1.29, 1.82) is 0 Å². The molecule has 0 radical (unpaired) electrons. The highest BCUT2D eigenvalue weighted by Gasteiger charge is 2.31. The average Bonchev–Trinajstić information content (AvgIpc) is 3.33. The van der Waals surface area contributed by atoms with Gasteiger partial charge in [-0.1, -0.05) is 36.4 Å². The topological polar surface area (TPSA) is 62.5 Å². The minimum Gasteiger partial charge on any atom is -0.443 e. The van der Waals surface area contributed by atoms with Crippen LogP contribution in [0.4, 0.5) is 19.0 Å². The second-order valence-corrected chi connectivity index (χ2v) is 7.77. The summed E-state index contributed by atoms with van der Waals surface area (Å²) < 4.78 is 43.8. The summed E-state index contributed by atoms with van der Waals surface area (Å²) in [6.07, 6.45) is -2.32. The number of hydrogen-bond donors (Lipinski definition) is 0. The number of pyridine rings is 1. The minimum absolute atomic E-state index is 0.242. The van der Waals surface area contributed by atoms with Crippen LogP contribution in [0.3, 0.4) is 0 Å². The zero-order valence-electron chi connectivity index (χ0n) is 17.4. The van der Waals surface area contributed by atoms with Crippen LogP contribution in [0, 0.1) is 0 Å². The fourth-order valence-corrected chi connectivity index (χ4v) is 3.96. The largest absolute Gasteiger partial charge is 0.443 e. The number of anilines is 1. The third kappa shape index (κ3) is 4.13. The van der Waals surface area contributed by atoms with E-state index in [4.69, 9.17) is 4.42 Å². The Morgan fingerprint density at radius 2 is 1.67 bits per heavy atom. The van der Waals surface area contributed by atoms with Gasteiger partial charge in [0.15, 0.2) is 17.8 Å². The smallest absolute Gasteiger partial charge is 0.417 e. The van der Waals surface area contributed by atoms with E-state index in [0.717, 1.165) is 28.6 Å². The second kappa shape index (κ2) is 8.23. The molecule has 1 fully saturated rings. The average molecular weight is 452 g/mol. The van der Waals surface area contributed by atoms with E-state index in [0.29, 0.717) is 37.8 Å². The Bertz CT molecular complexity index is 1290. The summed E-state index contributed by atoms with van der Waals surface area (Å²) in [5.41, 5.74) is 0.223. The van der Waals surface area contributed by atoms with Crippen LogP contribution in [0.25, 0.3) is 22.1 Å². The van der Waals surface area contributed by atoms with Crippen LogP contribution in [0.2, 0.25) is 0 Å². The summed E-state index contributed by atoms with van der Waals surface area (Å²) >= 11 is 0. The number of carbonyl (C=O) groups is 1. The van der Waals surface area contributed by atoms with Crippen molar-refractivity contribution in [3.05, 3.63) is 78.4 Å². The molecule has 2 aromatic carbocycles. The van der Waals surface area contributed by atoms with Gasteiger partial charge in [-0.15, -0.1) is 0 Å². The molecule has 0 spiro atoms. The molecule has 33 heavy (non-hydrogen) atoms. The van der Waals surface area contributed by atoms with Gasteiger partial charge in [-0.05, 0) is 29.0 Å². The second-order valence-electron chi connectivity index (χ2n) is 7.77. The third-order valence-corrected chi connectivity index (χ3v) is 5.75. The van der Waals surface area contributed by atoms with Gasteiger partial charge in [0.2, 0.25) is 0 Å². The van der Waals surface area contributed by atoms with E-state index < -0.39 is 11.7 Å². The highest BCUT2D eigenvalue weighted by atomic mass is 19.4. The van der Waals surface area contributed by atoms with Gasteiger partial charge >= 0.3 is 6.18 Å². The van der Waals surface area contributed by atoms with Gasteiger partial charge in [0.1, 0.15) is 5.82 Å². The van der Waals surface area contributed by atoms with Crippen LogP contribution in [0.1, 0.15) is 16.1 Å². The van der Waals surface area contributed by atoms with Gasteiger partial charge in [0.05, 0.1) is 5.56 Å². The van der Waals surface area contributed by atoms with Crippen molar-refractivity contribution in [2.75, 3.05) is 31.1 Å². The number of fused-ring (bicyclic) bond motifs is 1. The number of hydrogen-bond acceptors (Lipinski definition) is 5. The maximum Gasteiger partial charge on any atom is 0.417 e. The van der Waals surface area contributed by atoms with Crippen LogP contribution in [0.15, 0.2) is 71.6 Å². The van der Waals surface area contributed by atoms with Gasteiger partial charge in [-0.25, -0.2) is 9.97 Å². The molecule has 1 aliphatic rings. The Morgan fingerprint density at radius 3 is 2.36 bits per heavy atom. The van der Waals surface area contributed by atoms with E-state index in [1.54, 1.807) is 4.90 Å². The fraction of sp³-hybridized carbons (Fsp3) is 0.208. The van der Waals surface area contributed by atoms with E-state index in [2.05, 4.69) is 9.97 Å². The number of halogens is 3. The first-order chi connectivity index (χ1) is 15.9. The van der Waals surface area contributed by atoms with Crippen molar-refractivity contribution in [3.8, 4) is 11.3 Å². The normalized spacial score (nSPS) is 14.6. The van der Waals surface area contributed by atoms with Crippen LogP contribution in [0.5, 0.6) is 0 Å². The lowest BCUT2D eigenvalue weighted by Gasteiger charge is -2.35. The molecular formula is C24H19F3N4O2. The SMILES string of the molecule is O=C(c1ncoc1-c1ccc2ccccc2c1)N1CCN(c2ccc(C(F)(F)F)cn2)CC1. The molecule has 9 heteroatoms. The number of rotatable bonds is 3. The zero-order valence-corrected chi connectivity index (χ0v) is 17.4. The van der Waals surface area contributed by atoms with Crippen LogP contribution < -0.4 is 4.90 Å². The molecular weight excluding hydrogens is 433 g/mol. The number of oxazole rings is 1. The lowest BCUT2D eigenvalue weighted by Crippen LogP contribution is -2.49. The first-order valence-electron chi connectivity index (χ1n) is 10.4. The summed E-state index contributed by atoms with van der Waals surface area (Å²) in [6.45, 7) is 1.69. The summed E-state index contributed by atoms with van der Waals surface area (Å²) in [6, 6.07) is 16.1. The fourth-order valence-electron chi connectivity index (χ4n) is 3.96. The maximum atomic E-state index is 13.2. The predicted octanol–water partition coefficient (Wildman–Crippen LogP) is 4.87. The Kier molecular flexibility index (Phi) is 5.24. The highest BCUT2D eigenvalue weighted by Crippen LogP contribution is 2.30. The van der Waals surface area contributed by atoms with Gasteiger partial charge in [0.25, 0.3) is 5.91 Å². The van der Waals surface area contributed by atoms with Gasteiger partial charge in [-0.3, -0.25) is 4.79 Å². The molecule has 5 rings (SSSR count). The lowest BCUT2D eigenvalue weighted by atomic mass is 10.0. The minimum atomic E-state index is -4.42. The standard InChI is InChI=1S/C24H19F3N4O2/c25-24(26,27)19-7-8-20(28-14-19)30-9-11-31(12-10-30)23(32)21-22(33-15-29-21)18-6-5-16-3-1-2-4-17(16)13-18/h1-8,13-15H,9-12H2. The van der Waals surface area contributed by atoms with E-state index in [9.17, 15) is 18.0 Å². The molecule has 168 valence electrons. The molecule has 4 aromatic rings. The Hall–Kier alpha value is -3.88. The molecule has 0 aliphatic carbocycles. The van der Waals surface area contributed by atoms with E-state index in [1.807, 2.05) is 47.4 Å². The van der Waals surface area contributed by atoms with Gasteiger partial charge < -0.3 is 14.2 Å². The molecule has 0 atom stereocenters. The molecule has 2 aromatic heterocycles. The number of alkyl halides is 3. The Morgan fingerprint density at radius 1 is 0.909 bits per heavy atom. The van der Waals surface area contributed by atoms with Crippen LogP contribution >= 0.6 is 0 Å². The summed E-state index contributed by atoms with van der Waals surface area (Å²) in [7, 11) is 0. The van der Waals surface area contributed by atoms with E-state index >= 15 is 0 Å². The Balaban J connectivity index is 1.29. The molecule has 1 aliphatic heterocycles. The first kappa shape index (κ1) is 21.0. The summed E-state index contributed by atoms with van der Waals surface area (Å²) in [4.78, 5) is 24.8. The van der Waals surface area contributed by atoms with Gasteiger partial charge in [0, 0.05) is 37.9 Å². The van der Waals surface area contributed by atoms with Gasteiger partial charge in [-0.2, -0.15) is 13.2 Å². The zero-order chi connectivity index (χ0) is 23.0. The third-order valence-electron chi connectivity index (χ3n) is 5.75. The Labute approximate surface area is 187 Å². The molecule has 3 heterocycles. The molecule has 0 N–H and O–H groups in total. The molecule has 1 saturated heterocycles. The quantitative estimate of drug-likeness (QED) is 0.444. The van der Waals surface area contributed by atoms with Crippen molar-refractivity contribution in [3.63, 3.8) is 0 Å². The van der Waals surface area contributed by atoms with Crippen LogP contribution in [-0.4, -0.2) is 47.0 Å². The maximum absolute atomic E-state index is 13.2. The van der Waals surface area contributed by atoms with E-state index in [-0.39, 0.29) is 11.6 Å². The highest BCUT2D eigenvalue weighted by molar-refractivity contribution is 5.99. The molecule has 6 nitrogen and oxygen atoms in total. The van der Waals surface area contributed by atoms with Crippen molar-refractivity contribution in [1.82, 2.24) is 14.9 Å². The van der Waals surface area contributed by atoms with Crippen molar-refractivity contribution in [2.24, 2.45) is 0 Å². The van der Waals surface area contributed by atoms with Crippen molar-refractivity contribution >= 4 is 22.5 Å². The predicted molar refractivity (Wildman–Crippen MR) is 117 cm³/mol. The molecule has 1 amide bonds. The molecule has 0 unspecified atom stereocenters. The number of piperazine rings is 1. The number of nitrogens with zero attached hydrogens (tertiary/aromatic N) is 4. The van der Waals surface area contributed by atoms with Crippen LogP contribution in [-0.2, 0) is 6.18 Å². The molecule has 0 bridgehead atoms. The number of carbonyl (C=O) groups excluding carboxylic acids is 1. The van der Waals surface area contributed by atoms with E-state index in [1.165, 1.54) is 12.5 Å².